The Hall–Kier alpha value is -0.120. The minimum absolute atomic E-state index is 0.743. The highest BCUT2D eigenvalue weighted by molar-refractivity contribution is 4.85. The second-order valence-electron chi connectivity index (χ2n) is 5.86. The molecule has 1 saturated heterocycles. The van der Waals surface area contributed by atoms with E-state index in [1.807, 2.05) is 0 Å². The predicted molar refractivity (Wildman–Crippen MR) is 73.4 cm³/mol. The molecule has 2 atom stereocenters. The van der Waals surface area contributed by atoms with E-state index in [1.165, 1.54) is 51.9 Å². The van der Waals surface area contributed by atoms with Crippen molar-refractivity contribution in [2.24, 2.45) is 0 Å². The lowest BCUT2D eigenvalue weighted by Gasteiger charge is -2.35. The minimum Gasteiger partial charge on any atom is -0.313 e. The van der Waals surface area contributed by atoms with E-state index in [0.717, 1.165) is 18.1 Å². The van der Waals surface area contributed by atoms with Crippen molar-refractivity contribution in [2.75, 3.05) is 33.2 Å². The Labute approximate surface area is 107 Å². The van der Waals surface area contributed by atoms with Gasteiger partial charge in [0.15, 0.2) is 0 Å². The fourth-order valence-corrected chi connectivity index (χ4v) is 2.93. The molecule has 2 unspecified atom stereocenters. The number of rotatable bonds is 6. The van der Waals surface area contributed by atoms with Gasteiger partial charge in [0.1, 0.15) is 0 Å². The number of nitrogens with zero attached hydrogens (tertiary/aromatic N) is 2. The molecule has 1 saturated carbocycles. The molecule has 17 heavy (non-hydrogen) atoms. The summed E-state index contributed by atoms with van der Waals surface area (Å²) in [4.78, 5) is 5.10. The number of hydrogen-bond acceptors (Lipinski definition) is 3. The molecule has 2 fully saturated rings. The van der Waals surface area contributed by atoms with Crippen LogP contribution in [0.25, 0.3) is 0 Å². The third-order valence-corrected chi connectivity index (χ3v) is 4.51. The Morgan fingerprint density at radius 2 is 2.06 bits per heavy atom. The Morgan fingerprint density at radius 3 is 2.65 bits per heavy atom. The maximum atomic E-state index is 3.75. The molecule has 0 aromatic rings. The van der Waals surface area contributed by atoms with Crippen LogP contribution >= 0.6 is 0 Å². The molecule has 100 valence electrons. The van der Waals surface area contributed by atoms with E-state index in [-0.39, 0.29) is 0 Å². The van der Waals surface area contributed by atoms with Gasteiger partial charge >= 0.3 is 0 Å². The number of likely N-dealkylation sites (tertiary alicyclic amines) is 1. The van der Waals surface area contributed by atoms with E-state index in [1.54, 1.807) is 0 Å². The van der Waals surface area contributed by atoms with Gasteiger partial charge in [0.05, 0.1) is 0 Å². The number of hydrogen-bond donors (Lipinski definition) is 1. The van der Waals surface area contributed by atoms with Gasteiger partial charge in [-0.05, 0) is 52.7 Å². The number of nitrogens with one attached hydrogen (secondary N) is 1. The van der Waals surface area contributed by atoms with Crippen LogP contribution in [0.15, 0.2) is 0 Å². The van der Waals surface area contributed by atoms with Gasteiger partial charge in [0, 0.05) is 31.2 Å². The van der Waals surface area contributed by atoms with Gasteiger partial charge in [0.25, 0.3) is 0 Å². The van der Waals surface area contributed by atoms with Crippen molar-refractivity contribution < 1.29 is 0 Å². The van der Waals surface area contributed by atoms with Gasteiger partial charge < -0.3 is 10.2 Å². The van der Waals surface area contributed by atoms with Gasteiger partial charge in [-0.15, -0.1) is 0 Å². The molecule has 1 heterocycles. The predicted octanol–water partition coefficient (Wildman–Crippen LogP) is 1.54. The van der Waals surface area contributed by atoms with E-state index in [4.69, 9.17) is 0 Å². The van der Waals surface area contributed by atoms with Gasteiger partial charge in [-0.2, -0.15) is 0 Å². The summed E-state index contributed by atoms with van der Waals surface area (Å²) in [5, 5.41) is 3.75. The van der Waals surface area contributed by atoms with Crippen molar-refractivity contribution in [2.45, 2.75) is 57.7 Å². The first-order chi connectivity index (χ1) is 8.20. The van der Waals surface area contributed by atoms with Crippen molar-refractivity contribution in [3.63, 3.8) is 0 Å². The molecule has 0 aromatic carbocycles. The Kier molecular flexibility index (Phi) is 4.83. The monoisotopic (exact) mass is 239 g/mol. The second kappa shape index (κ2) is 6.17. The van der Waals surface area contributed by atoms with E-state index in [2.05, 4.69) is 36.0 Å². The summed E-state index contributed by atoms with van der Waals surface area (Å²) in [5.74, 6) is 0. The van der Waals surface area contributed by atoms with Crippen LogP contribution in [0.1, 0.15) is 39.5 Å². The Morgan fingerprint density at radius 1 is 1.29 bits per heavy atom. The fourth-order valence-electron chi connectivity index (χ4n) is 2.93. The van der Waals surface area contributed by atoms with E-state index >= 15 is 0 Å². The molecule has 0 radical (unpaired) electrons. The molecule has 1 aliphatic heterocycles. The van der Waals surface area contributed by atoms with Crippen LogP contribution in [0.4, 0.5) is 0 Å². The van der Waals surface area contributed by atoms with Crippen LogP contribution in [-0.4, -0.2) is 61.2 Å². The first-order valence-corrected chi connectivity index (χ1v) is 7.38. The summed E-state index contributed by atoms with van der Waals surface area (Å²) in [5.41, 5.74) is 0. The highest BCUT2D eigenvalue weighted by Gasteiger charge is 2.27. The zero-order valence-electron chi connectivity index (χ0n) is 11.8. The molecule has 3 heteroatoms. The molecule has 1 N–H and O–H groups in total. The standard InChI is InChI=1S/C14H29N3/c1-4-17(14-5-6-14)10-8-15-13-7-9-16(3)12(2)11-13/h12-15H,4-11H2,1-3H3. The summed E-state index contributed by atoms with van der Waals surface area (Å²) >= 11 is 0. The number of piperidine rings is 1. The molecular formula is C14H29N3. The lowest BCUT2D eigenvalue weighted by molar-refractivity contribution is 0.165. The quantitative estimate of drug-likeness (QED) is 0.758. The smallest absolute Gasteiger partial charge is 0.0110 e. The zero-order chi connectivity index (χ0) is 12.3. The SMILES string of the molecule is CCN(CCNC1CCN(C)C(C)C1)C1CC1. The summed E-state index contributed by atoms with van der Waals surface area (Å²) < 4.78 is 0. The topological polar surface area (TPSA) is 18.5 Å². The average Bonchev–Trinajstić information content (AvgIpc) is 3.13. The lowest BCUT2D eigenvalue weighted by atomic mass is 9.99. The Balaban J connectivity index is 1.61. The molecule has 0 spiro atoms. The molecule has 2 aliphatic rings. The highest BCUT2D eigenvalue weighted by atomic mass is 15.2. The molecule has 0 aromatic heterocycles. The molecule has 0 bridgehead atoms. The van der Waals surface area contributed by atoms with Crippen LogP contribution in [0.5, 0.6) is 0 Å². The van der Waals surface area contributed by atoms with Crippen LogP contribution in [0.2, 0.25) is 0 Å². The Bertz CT molecular complexity index is 228. The molecule has 3 nitrogen and oxygen atoms in total. The molecule has 0 amide bonds. The van der Waals surface area contributed by atoms with Gasteiger partial charge in [-0.25, -0.2) is 0 Å². The van der Waals surface area contributed by atoms with Crippen molar-refractivity contribution in [1.82, 2.24) is 15.1 Å². The van der Waals surface area contributed by atoms with E-state index < -0.39 is 0 Å². The molecule has 2 rings (SSSR count). The summed E-state index contributed by atoms with van der Waals surface area (Å²) in [6, 6.07) is 2.41. The van der Waals surface area contributed by atoms with Crippen LogP contribution < -0.4 is 5.32 Å². The molecular weight excluding hydrogens is 210 g/mol. The van der Waals surface area contributed by atoms with Gasteiger partial charge in [0.2, 0.25) is 0 Å². The van der Waals surface area contributed by atoms with Crippen molar-refractivity contribution in [3.05, 3.63) is 0 Å². The maximum absolute atomic E-state index is 3.75. The van der Waals surface area contributed by atoms with Gasteiger partial charge in [-0.3, -0.25) is 4.90 Å². The third-order valence-electron chi connectivity index (χ3n) is 4.51. The van der Waals surface area contributed by atoms with E-state index in [9.17, 15) is 0 Å². The zero-order valence-corrected chi connectivity index (χ0v) is 11.8. The van der Waals surface area contributed by atoms with Crippen LogP contribution in [0.3, 0.4) is 0 Å². The maximum Gasteiger partial charge on any atom is 0.0110 e. The first-order valence-electron chi connectivity index (χ1n) is 7.38. The summed E-state index contributed by atoms with van der Waals surface area (Å²) in [6.07, 6.45) is 5.49. The first kappa shape index (κ1) is 13.3. The normalized spacial score (nSPS) is 31.1. The lowest BCUT2D eigenvalue weighted by Crippen LogP contribution is -2.47. The molecule has 1 aliphatic carbocycles. The highest BCUT2D eigenvalue weighted by Crippen LogP contribution is 2.25. The van der Waals surface area contributed by atoms with Crippen molar-refractivity contribution >= 4 is 0 Å². The van der Waals surface area contributed by atoms with Crippen LogP contribution in [-0.2, 0) is 0 Å². The van der Waals surface area contributed by atoms with Crippen molar-refractivity contribution in [3.8, 4) is 0 Å². The van der Waals surface area contributed by atoms with Crippen LogP contribution in [0, 0.1) is 0 Å². The average molecular weight is 239 g/mol. The minimum atomic E-state index is 0.743. The largest absolute Gasteiger partial charge is 0.313 e. The fraction of sp³-hybridized carbons (Fsp3) is 1.00. The third kappa shape index (κ3) is 3.94. The summed E-state index contributed by atoms with van der Waals surface area (Å²) in [6.45, 7) is 9.51. The second-order valence-corrected chi connectivity index (χ2v) is 5.86. The summed E-state index contributed by atoms with van der Waals surface area (Å²) in [7, 11) is 2.24. The van der Waals surface area contributed by atoms with Crippen molar-refractivity contribution in [1.29, 1.82) is 0 Å². The number of likely N-dealkylation sites (N-methyl/N-ethyl adjacent to an activating group) is 1. The van der Waals surface area contributed by atoms with Gasteiger partial charge in [-0.1, -0.05) is 6.92 Å². The van der Waals surface area contributed by atoms with E-state index in [0.29, 0.717) is 0 Å².